The molecule has 3 rings (SSSR count). The molecule has 0 amide bonds. The molecule has 0 aromatic rings. The predicted molar refractivity (Wildman–Crippen MR) is 88.3 cm³/mol. The molecule has 6 nitrogen and oxygen atoms in total. The Morgan fingerprint density at radius 1 is 1.28 bits per heavy atom. The number of carbonyl (C=O) groups excluding carboxylic acids is 3. The molecule has 3 aliphatic rings. The molecule has 0 aromatic heterocycles. The summed E-state index contributed by atoms with van der Waals surface area (Å²) in [5, 5.41) is 0. The van der Waals surface area contributed by atoms with Crippen molar-refractivity contribution in [1.82, 2.24) is 0 Å². The first kappa shape index (κ1) is 18.2. The summed E-state index contributed by atoms with van der Waals surface area (Å²) >= 11 is 0. The van der Waals surface area contributed by atoms with Gasteiger partial charge in [-0.15, -0.1) is 0 Å². The van der Waals surface area contributed by atoms with Gasteiger partial charge in [0, 0.05) is 11.8 Å². The summed E-state index contributed by atoms with van der Waals surface area (Å²) in [5.74, 6) is -0.612. The number of fused-ring (bicyclic) bond motifs is 5. The topological polar surface area (TPSA) is 78.9 Å². The highest BCUT2D eigenvalue weighted by molar-refractivity contribution is 5.80. The maximum atomic E-state index is 12.1. The summed E-state index contributed by atoms with van der Waals surface area (Å²) in [4.78, 5) is 36.2. The number of ether oxygens (including phenoxy) is 3. The highest BCUT2D eigenvalue weighted by Gasteiger charge is 2.66. The summed E-state index contributed by atoms with van der Waals surface area (Å²) in [6, 6.07) is 0. The number of esters is 3. The Labute approximate surface area is 148 Å². The summed E-state index contributed by atoms with van der Waals surface area (Å²) in [7, 11) is 0. The zero-order valence-electron chi connectivity index (χ0n) is 15.7. The van der Waals surface area contributed by atoms with E-state index in [0.717, 1.165) is 6.42 Å². The molecule has 1 heterocycles. The fourth-order valence-corrected chi connectivity index (χ4v) is 4.79. The Morgan fingerprint density at radius 3 is 2.60 bits per heavy atom. The fraction of sp³-hybridized carbons (Fsp3) is 0.842. The van der Waals surface area contributed by atoms with Gasteiger partial charge in [-0.1, -0.05) is 6.92 Å². The largest absolute Gasteiger partial charge is 0.460 e. The molecular weight excluding hydrogens is 324 g/mol. The van der Waals surface area contributed by atoms with Crippen LogP contribution in [-0.4, -0.2) is 36.2 Å². The maximum absolute atomic E-state index is 12.1. The van der Waals surface area contributed by atoms with E-state index in [1.54, 1.807) is 13.8 Å². The normalized spacial score (nSPS) is 35.2. The van der Waals surface area contributed by atoms with Crippen molar-refractivity contribution >= 4 is 17.9 Å². The van der Waals surface area contributed by atoms with Crippen LogP contribution in [0.4, 0.5) is 0 Å². The van der Waals surface area contributed by atoms with E-state index < -0.39 is 23.0 Å². The minimum absolute atomic E-state index is 0.0573. The van der Waals surface area contributed by atoms with Crippen LogP contribution in [0.25, 0.3) is 0 Å². The van der Waals surface area contributed by atoms with E-state index >= 15 is 0 Å². The second-order valence-corrected chi connectivity index (χ2v) is 8.81. The van der Waals surface area contributed by atoms with Crippen molar-refractivity contribution in [2.75, 3.05) is 6.61 Å². The number of carbonyl (C=O) groups is 3. The van der Waals surface area contributed by atoms with Gasteiger partial charge in [-0.3, -0.25) is 9.59 Å². The zero-order chi connectivity index (χ0) is 18.6. The molecule has 140 valence electrons. The number of hydrogen-bond acceptors (Lipinski definition) is 6. The molecule has 1 aliphatic heterocycles. The number of hydrogen-bond donors (Lipinski definition) is 0. The van der Waals surface area contributed by atoms with Crippen LogP contribution in [0.3, 0.4) is 0 Å². The van der Waals surface area contributed by atoms with Crippen LogP contribution >= 0.6 is 0 Å². The Kier molecular flexibility index (Phi) is 4.36. The first-order valence-electron chi connectivity index (χ1n) is 9.16. The van der Waals surface area contributed by atoms with Gasteiger partial charge in [0.1, 0.15) is 11.7 Å². The molecule has 3 fully saturated rings. The van der Waals surface area contributed by atoms with Crippen molar-refractivity contribution in [2.45, 2.75) is 65.6 Å². The molecule has 6 heteroatoms. The molecule has 0 spiro atoms. The van der Waals surface area contributed by atoms with Crippen molar-refractivity contribution in [2.24, 2.45) is 29.1 Å². The molecule has 0 radical (unpaired) electrons. The number of rotatable bonds is 5. The molecule has 2 saturated carbocycles. The van der Waals surface area contributed by atoms with E-state index in [1.807, 2.05) is 20.8 Å². The molecule has 25 heavy (non-hydrogen) atoms. The Morgan fingerprint density at radius 2 is 1.96 bits per heavy atom. The highest BCUT2D eigenvalue weighted by Crippen LogP contribution is 2.60. The van der Waals surface area contributed by atoms with Crippen molar-refractivity contribution in [3.63, 3.8) is 0 Å². The molecule has 0 aromatic carbocycles. The van der Waals surface area contributed by atoms with Crippen molar-refractivity contribution in [1.29, 1.82) is 0 Å². The summed E-state index contributed by atoms with van der Waals surface area (Å²) in [5.41, 5.74) is -1.12. The molecule has 1 saturated heterocycles. The van der Waals surface area contributed by atoms with Gasteiger partial charge in [-0.05, 0) is 52.9 Å². The first-order valence-corrected chi connectivity index (χ1v) is 9.16. The Bertz CT molecular complexity index is 593. The minimum atomic E-state index is -0.606. The van der Waals surface area contributed by atoms with Crippen LogP contribution in [-0.2, 0) is 28.6 Å². The van der Waals surface area contributed by atoms with Crippen LogP contribution < -0.4 is 0 Å². The lowest BCUT2D eigenvalue weighted by Crippen LogP contribution is -2.41. The quantitative estimate of drug-likeness (QED) is 0.559. The molecule has 2 aliphatic carbocycles. The molecular formula is C19H28O6. The van der Waals surface area contributed by atoms with Gasteiger partial charge in [-0.2, -0.15) is 0 Å². The van der Waals surface area contributed by atoms with Gasteiger partial charge < -0.3 is 14.2 Å². The third-order valence-electron chi connectivity index (χ3n) is 6.42. The Hall–Kier alpha value is -1.59. The SMILES string of the molecule is CCC(C)(C)C(=O)OCC(=O)OC1CC2CC1C1C2C(=O)OC1(C)C. The van der Waals surface area contributed by atoms with Crippen molar-refractivity contribution in [3.05, 3.63) is 0 Å². The molecule has 5 unspecified atom stereocenters. The summed E-state index contributed by atoms with van der Waals surface area (Å²) in [6.45, 7) is 8.99. The van der Waals surface area contributed by atoms with E-state index in [1.165, 1.54) is 0 Å². The lowest BCUT2D eigenvalue weighted by Gasteiger charge is -2.34. The zero-order valence-corrected chi connectivity index (χ0v) is 15.7. The smallest absolute Gasteiger partial charge is 0.344 e. The highest BCUT2D eigenvalue weighted by atomic mass is 16.6. The second-order valence-electron chi connectivity index (χ2n) is 8.81. The summed E-state index contributed by atoms with van der Waals surface area (Å²) in [6.07, 6.45) is 2.01. The van der Waals surface area contributed by atoms with Gasteiger partial charge in [0.15, 0.2) is 6.61 Å². The lowest BCUT2D eigenvalue weighted by molar-refractivity contribution is -0.170. The average molecular weight is 352 g/mol. The lowest BCUT2D eigenvalue weighted by atomic mass is 9.72. The van der Waals surface area contributed by atoms with Gasteiger partial charge in [0.2, 0.25) is 0 Å². The van der Waals surface area contributed by atoms with Crippen molar-refractivity contribution in [3.8, 4) is 0 Å². The minimum Gasteiger partial charge on any atom is -0.460 e. The second kappa shape index (κ2) is 5.99. The van der Waals surface area contributed by atoms with Crippen LogP contribution in [0.2, 0.25) is 0 Å². The van der Waals surface area contributed by atoms with E-state index in [-0.39, 0.29) is 42.4 Å². The van der Waals surface area contributed by atoms with Gasteiger partial charge in [0.05, 0.1) is 11.3 Å². The third kappa shape index (κ3) is 3.04. The average Bonchev–Trinajstić information content (AvgIpc) is 3.16. The monoisotopic (exact) mass is 352 g/mol. The first-order chi connectivity index (χ1) is 11.6. The van der Waals surface area contributed by atoms with Crippen LogP contribution in [0.1, 0.15) is 53.9 Å². The van der Waals surface area contributed by atoms with E-state index in [4.69, 9.17) is 14.2 Å². The van der Waals surface area contributed by atoms with Crippen LogP contribution in [0.15, 0.2) is 0 Å². The molecule has 2 bridgehead atoms. The van der Waals surface area contributed by atoms with Crippen LogP contribution in [0.5, 0.6) is 0 Å². The molecule has 5 atom stereocenters. The number of cyclic esters (lactones) is 1. The maximum Gasteiger partial charge on any atom is 0.344 e. The summed E-state index contributed by atoms with van der Waals surface area (Å²) < 4.78 is 16.2. The molecule has 0 N–H and O–H groups in total. The predicted octanol–water partition coefficient (Wildman–Crippen LogP) is 2.49. The Balaban J connectivity index is 1.56. The fourth-order valence-electron chi connectivity index (χ4n) is 4.79. The van der Waals surface area contributed by atoms with Gasteiger partial charge in [0.25, 0.3) is 0 Å². The van der Waals surface area contributed by atoms with E-state index in [0.29, 0.717) is 12.8 Å². The van der Waals surface area contributed by atoms with Crippen molar-refractivity contribution < 1.29 is 28.6 Å². The van der Waals surface area contributed by atoms with E-state index in [2.05, 4.69) is 0 Å². The van der Waals surface area contributed by atoms with Gasteiger partial charge in [-0.25, -0.2) is 4.79 Å². The van der Waals surface area contributed by atoms with Gasteiger partial charge >= 0.3 is 17.9 Å². The van der Waals surface area contributed by atoms with E-state index in [9.17, 15) is 14.4 Å². The third-order valence-corrected chi connectivity index (χ3v) is 6.42. The standard InChI is InChI=1S/C19H28O6/c1-6-18(2,3)17(22)23-9-13(20)24-12-8-10-7-11(12)15-14(10)16(21)25-19(15,4)5/h10-12,14-15H,6-9H2,1-5H3. The van der Waals surface area contributed by atoms with Crippen LogP contribution in [0, 0.1) is 29.1 Å².